The van der Waals surface area contributed by atoms with Gasteiger partial charge in [-0.05, 0) is 35.1 Å². The van der Waals surface area contributed by atoms with E-state index in [2.05, 4.69) is 48.4 Å². The first-order valence-electron chi connectivity index (χ1n) is 9.11. The molecule has 0 radical (unpaired) electrons. The van der Waals surface area contributed by atoms with Crippen molar-refractivity contribution >= 4 is 5.91 Å². The van der Waals surface area contributed by atoms with Crippen molar-refractivity contribution in [3.63, 3.8) is 0 Å². The minimum Gasteiger partial charge on any atom is -0.333 e. The van der Waals surface area contributed by atoms with Gasteiger partial charge in [-0.25, -0.2) is 0 Å². The third-order valence-electron chi connectivity index (χ3n) is 4.66. The van der Waals surface area contributed by atoms with Crippen LogP contribution in [0.25, 0.3) is 0 Å². The van der Waals surface area contributed by atoms with E-state index in [4.69, 9.17) is 0 Å². The molecule has 1 aromatic carbocycles. The molecule has 4 nitrogen and oxygen atoms in total. The van der Waals surface area contributed by atoms with Crippen LogP contribution in [0.5, 0.6) is 0 Å². The summed E-state index contributed by atoms with van der Waals surface area (Å²) in [5.41, 5.74) is 3.51. The van der Waals surface area contributed by atoms with Crippen LogP contribution in [0.2, 0.25) is 0 Å². The van der Waals surface area contributed by atoms with Gasteiger partial charge < -0.3 is 10.2 Å². The second-order valence-corrected chi connectivity index (χ2v) is 7.18. The molecule has 1 aliphatic rings. The van der Waals surface area contributed by atoms with Gasteiger partial charge in [-0.2, -0.15) is 0 Å². The fourth-order valence-electron chi connectivity index (χ4n) is 3.41. The van der Waals surface area contributed by atoms with Crippen molar-refractivity contribution in [1.29, 1.82) is 0 Å². The average Bonchev–Trinajstić information content (AvgIpc) is 2.63. The van der Waals surface area contributed by atoms with Gasteiger partial charge in [-0.3, -0.25) is 9.78 Å². The third-order valence-corrected chi connectivity index (χ3v) is 4.66. The number of carbonyl (C=O) groups excluding carboxylic acids is 1. The molecule has 1 N–H and O–H groups in total. The van der Waals surface area contributed by atoms with E-state index in [0.29, 0.717) is 12.3 Å². The highest BCUT2D eigenvalue weighted by Gasteiger charge is 2.27. The SMILES string of the molecule is CC(C)Cc1ccc(CC(=O)N2CCNCC2c2cccnc2)cc1. The number of hydrogen-bond acceptors (Lipinski definition) is 3. The van der Waals surface area contributed by atoms with Crippen molar-refractivity contribution in [3.05, 3.63) is 65.5 Å². The van der Waals surface area contributed by atoms with E-state index < -0.39 is 0 Å². The third kappa shape index (κ3) is 4.67. The van der Waals surface area contributed by atoms with Gasteiger partial charge in [-0.15, -0.1) is 0 Å². The number of hydrogen-bond donors (Lipinski definition) is 1. The molecule has 1 fully saturated rings. The molecule has 1 unspecified atom stereocenters. The van der Waals surface area contributed by atoms with Crippen LogP contribution < -0.4 is 5.32 Å². The van der Waals surface area contributed by atoms with Gasteiger partial charge >= 0.3 is 0 Å². The maximum absolute atomic E-state index is 12.9. The van der Waals surface area contributed by atoms with Crippen LogP contribution in [-0.4, -0.2) is 35.4 Å². The predicted octanol–water partition coefficient (Wildman–Crippen LogP) is 3.00. The number of nitrogens with one attached hydrogen (secondary N) is 1. The Hall–Kier alpha value is -2.20. The Morgan fingerprint density at radius 1 is 1.24 bits per heavy atom. The first-order chi connectivity index (χ1) is 12.1. The lowest BCUT2D eigenvalue weighted by atomic mass is 10.00. The molecular formula is C21H27N3O. The number of carbonyl (C=O) groups is 1. The normalized spacial score (nSPS) is 17.7. The van der Waals surface area contributed by atoms with Gasteiger partial charge in [0.25, 0.3) is 0 Å². The van der Waals surface area contributed by atoms with Crippen LogP contribution in [0.4, 0.5) is 0 Å². The Bertz CT molecular complexity index is 682. The molecule has 3 rings (SSSR count). The van der Waals surface area contributed by atoms with Crippen molar-refractivity contribution < 1.29 is 4.79 Å². The summed E-state index contributed by atoms with van der Waals surface area (Å²) in [7, 11) is 0. The summed E-state index contributed by atoms with van der Waals surface area (Å²) in [6.07, 6.45) is 5.16. The van der Waals surface area contributed by atoms with E-state index >= 15 is 0 Å². The van der Waals surface area contributed by atoms with Gasteiger partial charge in [0.15, 0.2) is 0 Å². The molecule has 2 heterocycles. The van der Waals surface area contributed by atoms with E-state index in [9.17, 15) is 4.79 Å². The van der Waals surface area contributed by atoms with Crippen molar-refractivity contribution in [2.24, 2.45) is 5.92 Å². The van der Waals surface area contributed by atoms with E-state index in [1.807, 2.05) is 23.2 Å². The first-order valence-corrected chi connectivity index (χ1v) is 9.11. The molecule has 1 saturated heterocycles. The number of amides is 1. The number of piperazine rings is 1. The van der Waals surface area contributed by atoms with Crippen LogP contribution in [0, 0.1) is 5.92 Å². The molecule has 2 aromatic rings. The maximum atomic E-state index is 12.9. The first kappa shape index (κ1) is 17.6. The summed E-state index contributed by atoms with van der Waals surface area (Å²) in [4.78, 5) is 19.1. The molecule has 0 saturated carbocycles. The lowest BCUT2D eigenvalue weighted by molar-refractivity contribution is -0.133. The molecule has 1 aliphatic heterocycles. The highest BCUT2D eigenvalue weighted by Crippen LogP contribution is 2.22. The fourth-order valence-corrected chi connectivity index (χ4v) is 3.41. The lowest BCUT2D eigenvalue weighted by Crippen LogP contribution is -2.49. The summed E-state index contributed by atoms with van der Waals surface area (Å²) >= 11 is 0. The minimum atomic E-state index is 0.0650. The zero-order valence-electron chi connectivity index (χ0n) is 15.1. The van der Waals surface area contributed by atoms with Crippen LogP contribution >= 0.6 is 0 Å². The Labute approximate surface area is 150 Å². The molecule has 1 atom stereocenters. The summed E-state index contributed by atoms with van der Waals surface area (Å²) in [5.74, 6) is 0.834. The van der Waals surface area contributed by atoms with Crippen molar-refractivity contribution in [1.82, 2.24) is 15.2 Å². The second-order valence-electron chi connectivity index (χ2n) is 7.18. The van der Waals surface area contributed by atoms with Gasteiger partial charge in [0, 0.05) is 32.0 Å². The van der Waals surface area contributed by atoms with Crippen LogP contribution in [0.15, 0.2) is 48.8 Å². The summed E-state index contributed by atoms with van der Waals surface area (Å²) < 4.78 is 0. The molecule has 1 aromatic heterocycles. The Balaban J connectivity index is 1.68. The molecule has 0 spiro atoms. The van der Waals surface area contributed by atoms with E-state index in [1.165, 1.54) is 5.56 Å². The zero-order chi connectivity index (χ0) is 17.6. The lowest BCUT2D eigenvalue weighted by Gasteiger charge is -2.36. The minimum absolute atomic E-state index is 0.0650. The molecule has 0 bridgehead atoms. The van der Waals surface area contributed by atoms with Gasteiger partial charge in [-0.1, -0.05) is 44.2 Å². The topological polar surface area (TPSA) is 45.2 Å². The second kappa shape index (κ2) is 8.26. The fraction of sp³-hybridized carbons (Fsp3) is 0.429. The number of nitrogens with zero attached hydrogens (tertiary/aromatic N) is 2. The number of rotatable bonds is 5. The van der Waals surface area contributed by atoms with Crippen molar-refractivity contribution in [2.45, 2.75) is 32.7 Å². The van der Waals surface area contributed by atoms with Crippen molar-refractivity contribution in [2.75, 3.05) is 19.6 Å². The Morgan fingerprint density at radius 3 is 2.68 bits per heavy atom. The van der Waals surface area contributed by atoms with Crippen LogP contribution in [0.1, 0.15) is 36.6 Å². The number of pyridine rings is 1. The number of benzene rings is 1. The highest BCUT2D eigenvalue weighted by atomic mass is 16.2. The molecular weight excluding hydrogens is 310 g/mol. The number of aromatic nitrogens is 1. The van der Waals surface area contributed by atoms with Crippen molar-refractivity contribution in [3.8, 4) is 0 Å². The van der Waals surface area contributed by atoms with E-state index in [1.54, 1.807) is 6.20 Å². The molecule has 4 heteroatoms. The highest BCUT2D eigenvalue weighted by molar-refractivity contribution is 5.79. The van der Waals surface area contributed by atoms with E-state index in [0.717, 1.165) is 37.2 Å². The van der Waals surface area contributed by atoms with Gasteiger partial charge in [0.05, 0.1) is 12.5 Å². The Morgan fingerprint density at radius 2 is 2.00 bits per heavy atom. The smallest absolute Gasteiger partial charge is 0.227 e. The van der Waals surface area contributed by atoms with Crippen LogP contribution in [0.3, 0.4) is 0 Å². The summed E-state index contributed by atoms with van der Waals surface area (Å²) in [5, 5.41) is 3.39. The van der Waals surface area contributed by atoms with E-state index in [-0.39, 0.29) is 11.9 Å². The van der Waals surface area contributed by atoms with Crippen LogP contribution in [-0.2, 0) is 17.6 Å². The predicted molar refractivity (Wildman–Crippen MR) is 100 cm³/mol. The molecule has 25 heavy (non-hydrogen) atoms. The van der Waals surface area contributed by atoms with Gasteiger partial charge in [0.1, 0.15) is 0 Å². The maximum Gasteiger partial charge on any atom is 0.227 e. The summed E-state index contributed by atoms with van der Waals surface area (Å²) in [6.45, 7) is 6.81. The molecule has 0 aliphatic carbocycles. The average molecular weight is 337 g/mol. The quantitative estimate of drug-likeness (QED) is 0.912. The Kier molecular flexibility index (Phi) is 5.82. The van der Waals surface area contributed by atoms with Gasteiger partial charge in [0.2, 0.25) is 5.91 Å². The summed E-state index contributed by atoms with van der Waals surface area (Å²) in [6, 6.07) is 12.5. The molecule has 132 valence electrons. The monoisotopic (exact) mass is 337 g/mol. The standard InChI is InChI=1S/C21H27N3O/c1-16(2)12-17-5-7-18(8-6-17)13-21(25)24-11-10-23-15-20(24)19-4-3-9-22-14-19/h3-9,14,16,20,23H,10-13,15H2,1-2H3. The molecule has 1 amide bonds. The zero-order valence-corrected chi connectivity index (χ0v) is 15.1. The largest absolute Gasteiger partial charge is 0.333 e.